The number of amides is 1. The molecule has 1 aromatic rings. The van der Waals surface area contributed by atoms with E-state index in [0.29, 0.717) is 19.1 Å². The lowest BCUT2D eigenvalue weighted by Gasteiger charge is -2.08. The summed E-state index contributed by atoms with van der Waals surface area (Å²) >= 11 is 0. The highest BCUT2D eigenvalue weighted by atomic mass is 16.5. The molecule has 0 saturated heterocycles. The van der Waals surface area contributed by atoms with Crippen LogP contribution in [0.4, 0.5) is 11.9 Å². The van der Waals surface area contributed by atoms with Crippen molar-refractivity contribution in [2.75, 3.05) is 30.3 Å². The van der Waals surface area contributed by atoms with E-state index in [-0.39, 0.29) is 18.5 Å². The number of carbonyl (C=O) groups excluding carboxylic acids is 1. The highest BCUT2D eigenvalue weighted by molar-refractivity contribution is 5.78. The Labute approximate surface area is 99.0 Å². The van der Waals surface area contributed by atoms with Crippen molar-refractivity contribution in [3.8, 4) is 6.01 Å². The van der Waals surface area contributed by atoms with Crippen molar-refractivity contribution in [1.29, 1.82) is 0 Å². The van der Waals surface area contributed by atoms with Gasteiger partial charge < -0.3 is 21.1 Å². The Hall–Kier alpha value is -2.12. The van der Waals surface area contributed by atoms with Crippen LogP contribution in [0.25, 0.3) is 0 Å². The molecule has 1 aromatic heterocycles. The maximum Gasteiger partial charge on any atom is 0.323 e. The Balaban J connectivity index is 2.82. The summed E-state index contributed by atoms with van der Waals surface area (Å²) in [6.07, 6.45) is 0. The molecule has 0 spiro atoms. The van der Waals surface area contributed by atoms with E-state index in [2.05, 4.69) is 25.6 Å². The number of nitrogens with zero attached hydrogens (tertiary/aromatic N) is 3. The fourth-order valence-electron chi connectivity index (χ4n) is 1.03. The van der Waals surface area contributed by atoms with Crippen LogP contribution in [0.5, 0.6) is 6.01 Å². The Morgan fingerprint density at radius 2 is 1.88 bits per heavy atom. The van der Waals surface area contributed by atoms with Crippen LogP contribution in [0.2, 0.25) is 0 Å². The number of carbonyl (C=O) groups is 1. The van der Waals surface area contributed by atoms with Gasteiger partial charge in [-0.25, -0.2) is 0 Å². The molecule has 8 heteroatoms. The van der Waals surface area contributed by atoms with Crippen LogP contribution in [0.3, 0.4) is 0 Å². The van der Waals surface area contributed by atoms with E-state index in [1.54, 1.807) is 0 Å². The van der Waals surface area contributed by atoms with Gasteiger partial charge in [0.25, 0.3) is 0 Å². The molecule has 17 heavy (non-hydrogen) atoms. The van der Waals surface area contributed by atoms with Gasteiger partial charge >= 0.3 is 6.01 Å². The van der Waals surface area contributed by atoms with Crippen molar-refractivity contribution >= 4 is 17.8 Å². The Morgan fingerprint density at radius 3 is 2.41 bits per heavy atom. The molecule has 0 aromatic carbocycles. The number of hydrogen-bond acceptors (Lipinski definition) is 7. The first-order valence-electron chi connectivity index (χ1n) is 5.30. The molecular weight excluding hydrogens is 224 g/mol. The van der Waals surface area contributed by atoms with E-state index < -0.39 is 5.91 Å². The summed E-state index contributed by atoms with van der Waals surface area (Å²) in [6, 6.07) is 0.199. The third kappa shape index (κ3) is 4.49. The molecule has 0 fully saturated rings. The van der Waals surface area contributed by atoms with Gasteiger partial charge in [0.05, 0.1) is 13.2 Å². The molecular formula is C9H16N6O2. The monoisotopic (exact) mass is 240 g/mol. The summed E-state index contributed by atoms with van der Waals surface area (Å²) in [5.74, 6) is 0.143. The minimum absolute atomic E-state index is 0.0405. The van der Waals surface area contributed by atoms with Crippen LogP contribution in [-0.2, 0) is 4.79 Å². The van der Waals surface area contributed by atoms with Crippen LogP contribution < -0.4 is 21.1 Å². The smallest absolute Gasteiger partial charge is 0.323 e. The maximum atomic E-state index is 10.6. The van der Waals surface area contributed by atoms with Gasteiger partial charge in [0.15, 0.2) is 0 Å². The van der Waals surface area contributed by atoms with Gasteiger partial charge in [-0.1, -0.05) is 0 Å². The number of ether oxygens (including phenoxy) is 1. The van der Waals surface area contributed by atoms with E-state index in [0.717, 1.165) is 0 Å². The summed E-state index contributed by atoms with van der Waals surface area (Å²) in [6.45, 7) is 4.82. The fourth-order valence-corrected chi connectivity index (χ4v) is 1.03. The minimum Gasteiger partial charge on any atom is -0.464 e. The molecule has 1 heterocycles. The first kappa shape index (κ1) is 12.9. The highest BCUT2D eigenvalue weighted by Crippen LogP contribution is 2.10. The number of rotatable bonds is 7. The quantitative estimate of drug-likeness (QED) is 0.593. The van der Waals surface area contributed by atoms with E-state index >= 15 is 0 Å². The van der Waals surface area contributed by atoms with Crippen molar-refractivity contribution in [2.24, 2.45) is 5.73 Å². The standard InChI is InChI=1S/C9H16N6O2/c1-3-11-7-13-8(12-5-6(10)16)15-9(14-7)17-4-2/h3-5H2,1-2H3,(H2,10,16)(H2,11,12,13,14,15). The Kier molecular flexibility index (Phi) is 4.92. The molecule has 0 radical (unpaired) electrons. The molecule has 0 atom stereocenters. The van der Waals surface area contributed by atoms with Crippen molar-refractivity contribution in [1.82, 2.24) is 15.0 Å². The van der Waals surface area contributed by atoms with Crippen LogP contribution in [0.1, 0.15) is 13.8 Å². The molecule has 0 bridgehead atoms. The van der Waals surface area contributed by atoms with Crippen molar-refractivity contribution in [3.63, 3.8) is 0 Å². The molecule has 4 N–H and O–H groups in total. The van der Waals surface area contributed by atoms with Crippen LogP contribution in [-0.4, -0.2) is 40.6 Å². The lowest BCUT2D eigenvalue weighted by molar-refractivity contribution is -0.116. The summed E-state index contributed by atoms with van der Waals surface area (Å²) in [5, 5.41) is 5.62. The topological polar surface area (TPSA) is 115 Å². The zero-order valence-electron chi connectivity index (χ0n) is 9.86. The molecule has 0 aliphatic heterocycles. The van der Waals surface area contributed by atoms with Gasteiger partial charge in [-0.3, -0.25) is 4.79 Å². The van der Waals surface area contributed by atoms with E-state index in [1.165, 1.54) is 0 Å². The average molecular weight is 240 g/mol. The summed E-state index contributed by atoms with van der Waals surface area (Å²) in [5.41, 5.74) is 5.01. The predicted molar refractivity (Wildman–Crippen MR) is 62.8 cm³/mol. The van der Waals surface area contributed by atoms with E-state index in [4.69, 9.17) is 10.5 Å². The number of primary amides is 1. The first-order chi connectivity index (χ1) is 8.15. The summed E-state index contributed by atoms with van der Waals surface area (Å²) in [4.78, 5) is 22.7. The second-order valence-electron chi connectivity index (χ2n) is 3.05. The second-order valence-corrected chi connectivity index (χ2v) is 3.05. The maximum absolute atomic E-state index is 10.6. The molecule has 0 unspecified atom stereocenters. The minimum atomic E-state index is -0.492. The molecule has 0 saturated carbocycles. The number of anilines is 2. The third-order valence-corrected chi connectivity index (χ3v) is 1.64. The zero-order valence-corrected chi connectivity index (χ0v) is 9.86. The van der Waals surface area contributed by atoms with Gasteiger partial charge in [-0.15, -0.1) is 0 Å². The lowest BCUT2D eigenvalue weighted by Crippen LogP contribution is -2.23. The number of nitrogens with two attached hydrogens (primary N) is 1. The second kappa shape index (κ2) is 6.46. The number of nitrogens with one attached hydrogen (secondary N) is 2. The van der Waals surface area contributed by atoms with Gasteiger partial charge in [0.1, 0.15) is 0 Å². The largest absolute Gasteiger partial charge is 0.464 e. The predicted octanol–water partition coefficient (Wildman–Crippen LogP) is -0.401. The fraction of sp³-hybridized carbons (Fsp3) is 0.556. The van der Waals surface area contributed by atoms with E-state index in [1.807, 2.05) is 13.8 Å². The zero-order chi connectivity index (χ0) is 12.7. The highest BCUT2D eigenvalue weighted by Gasteiger charge is 2.07. The van der Waals surface area contributed by atoms with Crippen molar-refractivity contribution in [2.45, 2.75) is 13.8 Å². The van der Waals surface area contributed by atoms with E-state index in [9.17, 15) is 4.79 Å². The van der Waals surface area contributed by atoms with Crippen molar-refractivity contribution in [3.05, 3.63) is 0 Å². The molecule has 0 aliphatic rings. The molecule has 0 aliphatic carbocycles. The molecule has 8 nitrogen and oxygen atoms in total. The summed E-state index contributed by atoms with van der Waals surface area (Å²) < 4.78 is 5.18. The Bertz CT molecular complexity index is 359. The normalized spacial score (nSPS) is 9.76. The average Bonchev–Trinajstić information content (AvgIpc) is 2.27. The lowest BCUT2D eigenvalue weighted by atomic mass is 10.6. The molecule has 94 valence electrons. The molecule has 1 rings (SSSR count). The third-order valence-electron chi connectivity index (χ3n) is 1.64. The van der Waals surface area contributed by atoms with Gasteiger partial charge in [-0.2, -0.15) is 15.0 Å². The van der Waals surface area contributed by atoms with Crippen molar-refractivity contribution < 1.29 is 9.53 Å². The number of hydrogen-bond donors (Lipinski definition) is 3. The van der Waals surface area contributed by atoms with Crippen LogP contribution >= 0.6 is 0 Å². The molecule has 1 amide bonds. The summed E-state index contributed by atoms with van der Waals surface area (Å²) in [7, 11) is 0. The van der Waals surface area contributed by atoms with Crippen LogP contribution in [0.15, 0.2) is 0 Å². The van der Waals surface area contributed by atoms with Gasteiger partial charge in [-0.05, 0) is 13.8 Å². The Morgan fingerprint density at radius 1 is 1.24 bits per heavy atom. The first-order valence-corrected chi connectivity index (χ1v) is 5.30. The SMILES string of the molecule is CCNc1nc(NCC(N)=O)nc(OCC)n1. The number of aromatic nitrogens is 3. The van der Waals surface area contributed by atoms with Gasteiger partial charge in [0, 0.05) is 6.54 Å². The van der Waals surface area contributed by atoms with Crippen LogP contribution in [0, 0.1) is 0 Å². The van der Waals surface area contributed by atoms with Gasteiger partial charge in [0.2, 0.25) is 17.8 Å².